The second-order valence-electron chi connectivity index (χ2n) is 11.3. The van der Waals surface area contributed by atoms with E-state index >= 15 is 0 Å². The predicted molar refractivity (Wildman–Crippen MR) is 168 cm³/mol. The van der Waals surface area contributed by atoms with Gasteiger partial charge in [-0.25, -0.2) is 0 Å². The normalized spacial score (nSPS) is 20.2. The number of hydrogen-bond donors (Lipinski definition) is 0. The fraction of sp³-hybridized carbons (Fsp3) is 0.229. The first kappa shape index (κ1) is 28.0. The molecule has 1 aromatic heterocycles. The van der Waals surface area contributed by atoms with Gasteiger partial charge in [0.25, 0.3) is 5.01 Å². The average molecular weight is 618 g/mol. The third-order valence-corrected chi connectivity index (χ3v) is 10.1. The predicted octanol–water partition coefficient (Wildman–Crippen LogP) is 9.88. The topological polar surface area (TPSA) is 16.4 Å². The van der Waals surface area contributed by atoms with Gasteiger partial charge >= 0.3 is 6.18 Å². The highest BCUT2D eigenvalue weighted by Gasteiger charge is 2.37. The van der Waals surface area contributed by atoms with Crippen molar-refractivity contribution in [2.24, 2.45) is 13.0 Å². The van der Waals surface area contributed by atoms with Crippen LogP contribution in [0.5, 0.6) is 5.75 Å². The zero-order chi connectivity index (χ0) is 29.9. The molecular formula is C35H29ClF3N2OS+. The summed E-state index contributed by atoms with van der Waals surface area (Å²) in [5, 5.41) is 0.876. The van der Waals surface area contributed by atoms with E-state index < -0.39 is 11.7 Å². The van der Waals surface area contributed by atoms with Gasteiger partial charge in [0.05, 0.1) is 16.3 Å². The standard InChI is InChI=1S/C35H29ClF3N2OS/c1-40-29-20-28(36)27(35(37,38)39)19-31(29)42-33(40)16-21-8-10-24-11-9-22(15-26(24)14-21)17-34-41(2)30-18-25(12-13-32(30)43-34)23-6-4-3-5-7-23/h3-7,12-20,24H,8-11H2,1-2H3/q+1. The number of rotatable bonds is 3. The minimum Gasteiger partial charge on any atom is -0.439 e. The molecule has 3 aliphatic rings. The Balaban J connectivity index is 1.16. The Morgan fingerprint density at radius 2 is 1.77 bits per heavy atom. The summed E-state index contributed by atoms with van der Waals surface area (Å²) in [6.07, 6.45) is 8.30. The molecule has 1 aliphatic heterocycles. The van der Waals surface area contributed by atoms with E-state index in [0.717, 1.165) is 37.3 Å². The van der Waals surface area contributed by atoms with Crippen LogP contribution in [0.4, 0.5) is 18.9 Å². The molecule has 0 saturated heterocycles. The Morgan fingerprint density at radius 3 is 2.56 bits per heavy atom. The van der Waals surface area contributed by atoms with Crippen LogP contribution in [0.25, 0.3) is 27.4 Å². The average Bonchev–Trinajstić information content (AvgIpc) is 3.46. The largest absolute Gasteiger partial charge is 0.439 e. The molecule has 3 nitrogen and oxygen atoms in total. The Hall–Kier alpha value is -3.81. The molecule has 1 atom stereocenters. The maximum atomic E-state index is 13.4. The molecule has 7 rings (SSSR count). The van der Waals surface area contributed by atoms with Crippen LogP contribution in [0.15, 0.2) is 101 Å². The highest BCUT2D eigenvalue weighted by Crippen LogP contribution is 2.46. The minimum atomic E-state index is -4.54. The summed E-state index contributed by atoms with van der Waals surface area (Å²) in [7, 11) is 3.91. The van der Waals surface area contributed by atoms with Crippen molar-refractivity contribution in [3.8, 4) is 16.9 Å². The summed E-state index contributed by atoms with van der Waals surface area (Å²) in [6, 6.07) is 19.4. The first-order chi connectivity index (χ1) is 20.6. The Bertz CT molecular complexity index is 1880. The summed E-state index contributed by atoms with van der Waals surface area (Å²) >= 11 is 7.76. The fourth-order valence-corrected chi connectivity index (χ4v) is 7.56. The van der Waals surface area contributed by atoms with Gasteiger partial charge in [0.15, 0.2) is 5.75 Å². The number of anilines is 1. The van der Waals surface area contributed by atoms with E-state index in [1.54, 1.807) is 23.3 Å². The van der Waals surface area contributed by atoms with E-state index in [9.17, 15) is 13.2 Å². The van der Waals surface area contributed by atoms with Crippen molar-refractivity contribution in [1.29, 1.82) is 0 Å². The Morgan fingerprint density at radius 1 is 0.977 bits per heavy atom. The number of halogens is 4. The number of nitrogens with zero attached hydrogens (tertiary/aromatic N) is 2. The molecule has 4 aromatic rings. The quantitative estimate of drug-likeness (QED) is 0.213. The second kappa shape index (κ2) is 10.7. The zero-order valence-corrected chi connectivity index (χ0v) is 25.3. The molecule has 0 saturated carbocycles. The number of thiazole rings is 1. The first-order valence-electron chi connectivity index (χ1n) is 14.3. The van der Waals surface area contributed by atoms with Crippen LogP contribution in [0.3, 0.4) is 0 Å². The van der Waals surface area contributed by atoms with E-state index in [0.29, 0.717) is 17.5 Å². The molecule has 2 heterocycles. The number of alkyl halides is 3. The van der Waals surface area contributed by atoms with Crippen LogP contribution in [0.2, 0.25) is 5.02 Å². The number of allylic oxidation sites excluding steroid dienone is 6. The number of fused-ring (bicyclic) bond motifs is 3. The SMILES string of the molecule is CN1/C(=C/C2=CC3=C/C(=C/c4sc5ccc(-c6ccccc6)cc5[n+]4C)CCC3CC2)Oc2cc(C(F)(F)F)c(Cl)cc21. The monoisotopic (exact) mass is 617 g/mol. The van der Waals surface area contributed by atoms with Crippen LogP contribution in [-0.2, 0) is 13.2 Å². The third-order valence-electron chi connectivity index (χ3n) is 8.59. The van der Waals surface area contributed by atoms with Gasteiger partial charge in [0.1, 0.15) is 11.7 Å². The van der Waals surface area contributed by atoms with Gasteiger partial charge in [-0.2, -0.15) is 17.7 Å². The van der Waals surface area contributed by atoms with Crippen molar-refractivity contribution in [1.82, 2.24) is 0 Å². The van der Waals surface area contributed by atoms with Crippen LogP contribution < -0.4 is 14.2 Å². The zero-order valence-electron chi connectivity index (χ0n) is 23.7. The fourth-order valence-electron chi connectivity index (χ4n) is 6.19. The second-order valence-corrected chi connectivity index (χ2v) is 12.8. The Kier molecular flexibility index (Phi) is 6.98. The molecule has 43 heavy (non-hydrogen) atoms. The summed E-state index contributed by atoms with van der Waals surface area (Å²) in [4.78, 5) is 1.75. The number of hydrogen-bond acceptors (Lipinski definition) is 3. The van der Waals surface area contributed by atoms with Gasteiger partial charge in [0.2, 0.25) is 11.4 Å². The summed E-state index contributed by atoms with van der Waals surface area (Å²) in [6.45, 7) is 0. The third kappa shape index (κ3) is 5.30. The molecular weight excluding hydrogens is 589 g/mol. The lowest BCUT2D eigenvalue weighted by Gasteiger charge is -2.28. The van der Waals surface area contributed by atoms with Crippen LogP contribution in [0, 0.1) is 5.92 Å². The molecule has 0 radical (unpaired) electrons. The molecule has 8 heteroatoms. The maximum absolute atomic E-state index is 13.4. The van der Waals surface area contributed by atoms with Crippen molar-refractivity contribution in [2.75, 3.05) is 11.9 Å². The van der Waals surface area contributed by atoms with Crippen molar-refractivity contribution in [3.05, 3.63) is 117 Å². The van der Waals surface area contributed by atoms with E-state index in [-0.39, 0.29) is 10.8 Å². The van der Waals surface area contributed by atoms with Crippen molar-refractivity contribution < 1.29 is 22.5 Å². The first-order valence-corrected chi connectivity index (χ1v) is 15.5. The van der Waals surface area contributed by atoms with Gasteiger partial charge < -0.3 is 9.64 Å². The number of aryl methyl sites for hydroxylation is 1. The molecule has 0 spiro atoms. The van der Waals surface area contributed by atoms with Crippen molar-refractivity contribution in [3.63, 3.8) is 0 Å². The van der Waals surface area contributed by atoms with Gasteiger partial charge in [-0.3, -0.25) is 0 Å². The van der Waals surface area contributed by atoms with Crippen LogP contribution >= 0.6 is 22.9 Å². The van der Waals surface area contributed by atoms with Gasteiger partial charge in [-0.15, -0.1) is 0 Å². The molecule has 0 fully saturated rings. The summed E-state index contributed by atoms with van der Waals surface area (Å²) in [5.41, 5.74) is 6.97. The maximum Gasteiger partial charge on any atom is 0.417 e. The van der Waals surface area contributed by atoms with E-state index in [1.165, 1.54) is 43.6 Å². The molecule has 0 amide bonds. The van der Waals surface area contributed by atoms with Gasteiger partial charge in [0, 0.05) is 25.3 Å². The molecule has 2 aliphatic carbocycles. The molecule has 3 aromatic carbocycles. The molecule has 0 N–H and O–H groups in total. The highest BCUT2D eigenvalue weighted by molar-refractivity contribution is 7.18. The number of ether oxygens (including phenoxy) is 1. The summed E-state index contributed by atoms with van der Waals surface area (Å²) < 4.78 is 49.6. The van der Waals surface area contributed by atoms with Crippen molar-refractivity contribution >= 4 is 44.9 Å². The summed E-state index contributed by atoms with van der Waals surface area (Å²) in [5.74, 6) is 1.17. The number of aromatic nitrogens is 1. The van der Waals surface area contributed by atoms with Crippen molar-refractivity contribution in [2.45, 2.75) is 31.9 Å². The van der Waals surface area contributed by atoms with Gasteiger partial charge in [-0.1, -0.05) is 71.5 Å². The van der Waals surface area contributed by atoms with E-state index in [2.05, 4.69) is 72.3 Å². The van der Waals surface area contributed by atoms with E-state index in [4.69, 9.17) is 16.3 Å². The number of benzene rings is 3. The Labute approximate surface area is 257 Å². The molecule has 1 unspecified atom stereocenters. The van der Waals surface area contributed by atoms with Gasteiger partial charge in [-0.05, 0) is 77.6 Å². The molecule has 218 valence electrons. The lowest BCUT2D eigenvalue weighted by atomic mass is 9.77. The van der Waals surface area contributed by atoms with Crippen LogP contribution in [-0.4, -0.2) is 7.05 Å². The smallest absolute Gasteiger partial charge is 0.417 e. The lowest BCUT2D eigenvalue weighted by molar-refractivity contribution is -0.642. The lowest BCUT2D eigenvalue weighted by Crippen LogP contribution is -2.29. The highest BCUT2D eigenvalue weighted by atomic mass is 35.5. The molecule has 0 bridgehead atoms. The van der Waals surface area contributed by atoms with E-state index in [1.807, 2.05) is 12.1 Å². The minimum absolute atomic E-state index is 0.161. The van der Waals surface area contributed by atoms with Crippen LogP contribution in [0.1, 0.15) is 36.3 Å².